The van der Waals surface area contributed by atoms with Crippen molar-refractivity contribution in [2.45, 2.75) is 0 Å². The predicted octanol–water partition coefficient (Wildman–Crippen LogP) is 17.7. The fraction of sp³-hybridized carbons (Fsp3) is 0. The molecule has 3 nitrogen and oxygen atoms in total. The second-order valence-electron chi connectivity index (χ2n) is 17.7. The molecule has 0 amide bonds. The van der Waals surface area contributed by atoms with Crippen LogP contribution < -0.4 is 0 Å². The van der Waals surface area contributed by atoms with Crippen LogP contribution in [0.4, 0.5) is 0 Å². The van der Waals surface area contributed by atoms with E-state index in [0.29, 0.717) is 5.82 Å². The molecule has 0 radical (unpaired) electrons. The lowest BCUT2D eigenvalue weighted by Crippen LogP contribution is -1.96. The van der Waals surface area contributed by atoms with Crippen molar-refractivity contribution in [3.63, 3.8) is 0 Å². The third-order valence-corrected chi connectivity index (χ3v) is 15.0. The molecule has 4 aromatic heterocycles. The minimum Gasteiger partial charge on any atom is -0.308 e. The number of hydrogen-bond donors (Lipinski definition) is 0. The number of hydrogen-bond acceptors (Lipinski definition) is 3. The summed E-state index contributed by atoms with van der Waals surface area (Å²) in [6.45, 7) is 0. The van der Waals surface area contributed by atoms with Gasteiger partial charge in [-0.05, 0) is 87.0 Å². The van der Waals surface area contributed by atoms with Crippen LogP contribution in [-0.2, 0) is 0 Å². The molecule has 14 rings (SSSR count). The summed E-state index contributed by atoms with van der Waals surface area (Å²) < 4.78 is 5.18. The van der Waals surface area contributed by atoms with Gasteiger partial charge in [-0.3, -0.25) is 0 Å². The molecule has 0 saturated heterocycles. The zero-order valence-corrected chi connectivity index (χ0v) is 37.6. The number of rotatable bonds is 7. The van der Waals surface area contributed by atoms with Gasteiger partial charge in [0.1, 0.15) is 0 Å². The number of thiophene rings is 1. The fourth-order valence-corrected chi connectivity index (χ4v) is 11.7. The lowest BCUT2D eigenvalue weighted by atomic mass is 9.95. The molecule has 0 atom stereocenters. The highest BCUT2D eigenvalue weighted by molar-refractivity contribution is 7.26. The van der Waals surface area contributed by atoms with Crippen LogP contribution in [0.1, 0.15) is 0 Å². The van der Waals surface area contributed by atoms with Gasteiger partial charge in [0.15, 0.2) is 5.82 Å². The van der Waals surface area contributed by atoms with Crippen LogP contribution in [0.25, 0.3) is 137 Å². The summed E-state index contributed by atoms with van der Waals surface area (Å²) in [7, 11) is 0. The fourth-order valence-electron chi connectivity index (χ4n) is 10.5. The smallest absolute Gasteiger partial charge is 0.160 e. The lowest BCUT2D eigenvalue weighted by molar-refractivity contribution is 1.18. The summed E-state index contributed by atoms with van der Waals surface area (Å²) in [4.78, 5) is 10.2. The van der Waals surface area contributed by atoms with Gasteiger partial charge >= 0.3 is 0 Å². The van der Waals surface area contributed by atoms with E-state index in [-0.39, 0.29) is 0 Å². The van der Waals surface area contributed by atoms with Crippen LogP contribution >= 0.6 is 11.3 Å². The van der Waals surface area contributed by atoms with Crippen molar-refractivity contribution >= 4 is 69.6 Å². The standard InChI is InChI=1S/C64H39N3S/c1-3-14-40(15-4-1)57-39-58(41-16-5-2-6-17-41)66-64(65-57)49-23-11-22-46(36-49)44-20-9-18-42(34-44)43-19-10-21-45(35-43)47-30-32-51-54-26-13-27-55-52-33-31-48(38-60(52)67(62(54)55)59(51)37-47)50-25-12-28-56-53-24-7-8-29-61(53)68-63(50)56/h1-39H. The lowest BCUT2D eigenvalue weighted by Gasteiger charge is -2.11. The van der Waals surface area contributed by atoms with Gasteiger partial charge in [0.05, 0.1) is 27.9 Å². The van der Waals surface area contributed by atoms with Crippen molar-refractivity contribution in [3.8, 4) is 78.4 Å². The molecular weight excluding hydrogens is 843 g/mol. The molecule has 0 N–H and O–H groups in total. The van der Waals surface area contributed by atoms with Gasteiger partial charge < -0.3 is 4.40 Å². The van der Waals surface area contributed by atoms with E-state index in [9.17, 15) is 0 Å². The minimum absolute atomic E-state index is 0.701. The Kier molecular flexibility index (Phi) is 8.76. The first-order valence-electron chi connectivity index (χ1n) is 23.1. The topological polar surface area (TPSA) is 30.2 Å². The van der Waals surface area contributed by atoms with Crippen molar-refractivity contribution in [1.82, 2.24) is 14.4 Å². The Bertz CT molecular complexity index is 4200. The Morgan fingerprint density at radius 2 is 0.735 bits per heavy atom. The molecule has 4 heteroatoms. The molecule has 10 aromatic carbocycles. The first-order chi connectivity index (χ1) is 33.7. The highest BCUT2D eigenvalue weighted by Crippen LogP contribution is 2.44. The summed E-state index contributed by atoms with van der Waals surface area (Å²) in [5.74, 6) is 0.701. The highest BCUT2D eigenvalue weighted by Gasteiger charge is 2.20. The third-order valence-electron chi connectivity index (χ3n) is 13.7. The largest absolute Gasteiger partial charge is 0.308 e. The molecule has 0 unspecified atom stereocenters. The van der Waals surface area contributed by atoms with Crippen LogP contribution in [0.15, 0.2) is 237 Å². The van der Waals surface area contributed by atoms with E-state index < -0.39 is 0 Å². The first kappa shape index (κ1) is 38.6. The molecule has 316 valence electrons. The van der Waals surface area contributed by atoms with Gasteiger partial charge in [0.2, 0.25) is 0 Å². The number of para-hydroxylation sites is 1. The second kappa shape index (κ2) is 15.5. The maximum atomic E-state index is 5.11. The molecule has 14 aromatic rings. The normalized spacial score (nSPS) is 11.8. The van der Waals surface area contributed by atoms with Crippen LogP contribution in [0, 0.1) is 0 Å². The molecule has 0 aliphatic rings. The Hall–Kier alpha value is -8.70. The van der Waals surface area contributed by atoms with Gasteiger partial charge in [0, 0.05) is 58.4 Å². The Labute approximate surface area is 396 Å². The summed E-state index contributed by atoms with van der Waals surface area (Å²) >= 11 is 1.89. The number of aromatic nitrogens is 3. The summed E-state index contributed by atoms with van der Waals surface area (Å²) in [5.41, 5.74) is 18.1. The molecule has 0 aliphatic heterocycles. The zero-order chi connectivity index (χ0) is 44.7. The number of fused-ring (bicyclic) bond motifs is 9. The van der Waals surface area contributed by atoms with E-state index in [1.165, 1.54) is 86.1 Å². The third kappa shape index (κ3) is 6.26. The molecule has 0 fully saturated rings. The monoisotopic (exact) mass is 881 g/mol. The number of benzene rings is 10. The molecule has 0 spiro atoms. The molecule has 0 saturated carbocycles. The maximum absolute atomic E-state index is 5.11. The molecular formula is C64H39N3S. The quantitative estimate of drug-likeness (QED) is 0.160. The van der Waals surface area contributed by atoms with E-state index in [0.717, 1.165) is 44.8 Å². The van der Waals surface area contributed by atoms with Crippen molar-refractivity contribution in [2.24, 2.45) is 0 Å². The van der Waals surface area contributed by atoms with E-state index >= 15 is 0 Å². The van der Waals surface area contributed by atoms with E-state index in [2.05, 4.69) is 229 Å². The van der Waals surface area contributed by atoms with Crippen LogP contribution in [-0.4, -0.2) is 14.4 Å². The average molecular weight is 882 g/mol. The van der Waals surface area contributed by atoms with Crippen molar-refractivity contribution in [3.05, 3.63) is 237 Å². The molecule has 4 heterocycles. The van der Waals surface area contributed by atoms with E-state index in [4.69, 9.17) is 9.97 Å². The van der Waals surface area contributed by atoms with Gasteiger partial charge in [-0.1, -0.05) is 194 Å². The average Bonchev–Trinajstić information content (AvgIpc) is 4.08. The van der Waals surface area contributed by atoms with Crippen molar-refractivity contribution in [1.29, 1.82) is 0 Å². The number of nitrogens with zero attached hydrogens (tertiary/aromatic N) is 3. The highest BCUT2D eigenvalue weighted by atomic mass is 32.1. The van der Waals surface area contributed by atoms with Crippen molar-refractivity contribution < 1.29 is 0 Å². The van der Waals surface area contributed by atoms with Crippen LogP contribution in [0.3, 0.4) is 0 Å². The van der Waals surface area contributed by atoms with E-state index in [1.54, 1.807) is 0 Å². The van der Waals surface area contributed by atoms with Gasteiger partial charge in [-0.15, -0.1) is 11.3 Å². The molecule has 0 aliphatic carbocycles. The first-order valence-corrected chi connectivity index (χ1v) is 23.9. The molecule has 68 heavy (non-hydrogen) atoms. The van der Waals surface area contributed by atoms with Crippen molar-refractivity contribution in [2.75, 3.05) is 0 Å². The Balaban J connectivity index is 0.839. The van der Waals surface area contributed by atoms with Gasteiger partial charge in [0.25, 0.3) is 0 Å². The molecule has 0 bridgehead atoms. The maximum Gasteiger partial charge on any atom is 0.160 e. The summed E-state index contributed by atoms with van der Waals surface area (Å²) in [6.07, 6.45) is 0. The van der Waals surface area contributed by atoms with Crippen LogP contribution in [0.2, 0.25) is 0 Å². The predicted molar refractivity (Wildman–Crippen MR) is 288 cm³/mol. The summed E-state index contributed by atoms with van der Waals surface area (Å²) in [5, 5.41) is 7.78. The zero-order valence-electron chi connectivity index (χ0n) is 36.8. The van der Waals surface area contributed by atoms with Crippen LogP contribution in [0.5, 0.6) is 0 Å². The summed E-state index contributed by atoms with van der Waals surface area (Å²) in [6, 6.07) is 85.6. The van der Waals surface area contributed by atoms with Gasteiger partial charge in [-0.2, -0.15) is 0 Å². The Morgan fingerprint density at radius 1 is 0.294 bits per heavy atom. The second-order valence-corrected chi connectivity index (χ2v) is 18.8. The Morgan fingerprint density at radius 3 is 1.35 bits per heavy atom. The van der Waals surface area contributed by atoms with E-state index in [1.807, 2.05) is 23.5 Å². The minimum atomic E-state index is 0.701. The van der Waals surface area contributed by atoms with Gasteiger partial charge in [-0.25, -0.2) is 9.97 Å². The SMILES string of the molecule is c1ccc(-c2cc(-c3ccccc3)nc(-c3cccc(-c4cccc(-c5cccc(-c6ccc7c8cccc9c%10ccc(-c%11cccc%12c%11sc%11ccccc%11%12)cc%10n(c7c6)c89)c5)c4)c3)n2)cc1.